The van der Waals surface area contributed by atoms with Crippen molar-refractivity contribution < 1.29 is 9.47 Å². The van der Waals surface area contributed by atoms with Crippen LogP contribution in [0.25, 0.3) is 0 Å². The first-order chi connectivity index (χ1) is 9.81. The van der Waals surface area contributed by atoms with Crippen LogP contribution in [0.4, 0.5) is 0 Å². The van der Waals surface area contributed by atoms with Crippen molar-refractivity contribution in [1.29, 1.82) is 5.26 Å². The smallest absolute Gasteiger partial charge is 0.162 e. The summed E-state index contributed by atoms with van der Waals surface area (Å²) in [5.74, 6) is 1.44. The van der Waals surface area contributed by atoms with E-state index in [2.05, 4.69) is 19.9 Å². The zero-order chi connectivity index (χ0) is 14.6. The lowest BCUT2D eigenvalue weighted by molar-refractivity contribution is 0.259. The fourth-order valence-corrected chi connectivity index (χ4v) is 1.88. The maximum atomic E-state index is 8.96. The van der Waals surface area contributed by atoms with Crippen LogP contribution in [0.15, 0.2) is 18.2 Å². The lowest BCUT2D eigenvalue weighted by Gasteiger charge is -2.13. The Hall–Kier alpha value is -1.69. The molecule has 0 bridgehead atoms. The van der Waals surface area contributed by atoms with Crippen LogP contribution in [0.5, 0.6) is 11.5 Å². The zero-order valence-electron chi connectivity index (χ0n) is 12.7. The maximum Gasteiger partial charge on any atom is 0.162 e. The minimum absolute atomic E-state index is 0.608. The van der Waals surface area contributed by atoms with Gasteiger partial charge in [0, 0.05) is 6.07 Å². The highest BCUT2D eigenvalue weighted by Crippen LogP contribution is 2.28. The van der Waals surface area contributed by atoms with Crippen LogP contribution in [-0.4, -0.2) is 13.2 Å². The highest BCUT2D eigenvalue weighted by molar-refractivity contribution is 5.46. The molecule has 3 heteroatoms. The van der Waals surface area contributed by atoms with E-state index in [1.807, 2.05) is 6.07 Å². The number of hydrogen-bond acceptors (Lipinski definition) is 3. The van der Waals surface area contributed by atoms with Gasteiger partial charge in [-0.1, -0.05) is 39.5 Å². The lowest BCUT2D eigenvalue weighted by atomic mass is 10.2. The normalized spacial score (nSPS) is 10.1. The SMILES string of the molecule is CCCCCOc1ccc(C#N)cc1OCCCCC. The predicted octanol–water partition coefficient (Wildman–Crippen LogP) is 4.70. The minimum Gasteiger partial charge on any atom is -0.490 e. The Morgan fingerprint density at radius 1 is 0.900 bits per heavy atom. The first kappa shape index (κ1) is 16.4. The lowest BCUT2D eigenvalue weighted by Crippen LogP contribution is -2.03. The zero-order valence-corrected chi connectivity index (χ0v) is 12.7. The number of benzene rings is 1. The van der Waals surface area contributed by atoms with E-state index >= 15 is 0 Å². The van der Waals surface area contributed by atoms with E-state index in [9.17, 15) is 0 Å². The van der Waals surface area contributed by atoms with E-state index in [0.29, 0.717) is 24.5 Å². The maximum absolute atomic E-state index is 8.96. The second kappa shape index (κ2) is 10.1. The Kier molecular flexibility index (Phi) is 8.30. The molecule has 0 atom stereocenters. The minimum atomic E-state index is 0.608. The summed E-state index contributed by atoms with van der Waals surface area (Å²) >= 11 is 0. The van der Waals surface area contributed by atoms with Gasteiger partial charge in [0.2, 0.25) is 0 Å². The first-order valence-electron chi connectivity index (χ1n) is 7.61. The number of rotatable bonds is 10. The van der Waals surface area contributed by atoms with Gasteiger partial charge in [-0.25, -0.2) is 0 Å². The van der Waals surface area contributed by atoms with Crippen molar-refractivity contribution in [3.63, 3.8) is 0 Å². The molecule has 0 radical (unpaired) electrons. The summed E-state index contributed by atoms with van der Waals surface area (Å²) in [6, 6.07) is 7.51. The van der Waals surface area contributed by atoms with E-state index < -0.39 is 0 Å². The second-order valence-electron chi connectivity index (χ2n) is 4.88. The van der Waals surface area contributed by atoms with Gasteiger partial charge in [0.1, 0.15) is 0 Å². The molecule has 3 nitrogen and oxygen atoms in total. The Balaban J connectivity index is 2.59. The Morgan fingerprint density at radius 3 is 2.05 bits per heavy atom. The number of unbranched alkanes of at least 4 members (excludes halogenated alkanes) is 4. The standard InChI is InChI=1S/C17H25NO2/c1-3-5-7-11-19-16-10-9-15(14-18)13-17(16)20-12-8-6-4-2/h9-10,13H,3-8,11-12H2,1-2H3. The van der Waals surface area contributed by atoms with Gasteiger partial charge in [-0.2, -0.15) is 5.26 Å². The summed E-state index contributed by atoms with van der Waals surface area (Å²) in [5, 5.41) is 8.96. The molecule has 1 rings (SSSR count). The van der Waals surface area contributed by atoms with Gasteiger partial charge in [0.25, 0.3) is 0 Å². The molecule has 0 aliphatic rings. The molecule has 0 aliphatic heterocycles. The molecule has 0 saturated carbocycles. The molecule has 0 aromatic heterocycles. The molecule has 0 spiro atoms. The number of hydrogen-bond donors (Lipinski definition) is 0. The van der Waals surface area contributed by atoms with Crippen LogP contribution < -0.4 is 9.47 Å². The molecule has 20 heavy (non-hydrogen) atoms. The van der Waals surface area contributed by atoms with Crippen molar-refractivity contribution in [1.82, 2.24) is 0 Å². The molecule has 0 amide bonds. The van der Waals surface area contributed by atoms with Gasteiger partial charge < -0.3 is 9.47 Å². The molecule has 0 heterocycles. The van der Waals surface area contributed by atoms with Crippen molar-refractivity contribution in [2.45, 2.75) is 52.4 Å². The highest BCUT2D eigenvalue weighted by atomic mass is 16.5. The van der Waals surface area contributed by atoms with Crippen LogP contribution in [0, 0.1) is 11.3 Å². The number of ether oxygens (including phenoxy) is 2. The highest BCUT2D eigenvalue weighted by Gasteiger charge is 2.07. The topological polar surface area (TPSA) is 42.2 Å². The van der Waals surface area contributed by atoms with Gasteiger partial charge in [-0.3, -0.25) is 0 Å². The second-order valence-corrected chi connectivity index (χ2v) is 4.88. The summed E-state index contributed by atoms with van der Waals surface area (Å²) in [4.78, 5) is 0. The predicted molar refractivity (Wildman–Crippen MR) is 81.2 cm³/mol. The van der Waals surface area contributed by atoms with E-state index in [-0.39, 0.29) is 0 Å². The molecule has 0 unspecified atom stereocenters. The van der Waals surface area contributed by atoms with Crippen LogP contribution >= 0.6 is 0 Å². The van der Waals surface area contributed by atoms with Gasteiger partial charge >= 0.3 is 0 Å². The van der Waals surface area contributed by atoms with Crippen molar-refractivity contribution in [3.05, 3.63) is 23.8 Å². The third-order valence-corrected chi connectivity index (χ3v) is 3.08. The molecule has 0 aliphatic carbocycles. The monoisotopic (exact) mass is 275 g/mol. The molecule has 0 saturated heterocycles. The Labute approximate surface area is 122 Å². The summed E-state index contributed by atoms with van der Waals surface area (Å²) in [6.45, 7) is 5.71. The van der Waals surface area contributed by atoms with Gasteiger partial charge in [-0.05, 0) is 25.0 Å². The largest absolute Gasteiger partial charge is 0.490 e. The molecule has 1 aromatic rings. The quantitative estimate of drug-likeness (QED) is 0.581. The van der Waals surface area contributed by atoms with E-state index in [1.165, 1.54) is 19.3 Å². The van der Waals surface area contributed by atoms with Crippen molar-refractivity contribution in [2.75, 3.05) is 13.2 Å². The molecule has 0 N–H and O–H groups in total. The van der Waals surface area contributed by atoms with Crippen molar-refractivity contribution in [3.8, 4) is 17.6 Å². The van der Waals surface area contributed by atoms with Gasteiger partial charge in [-0.15, -0.1) is 0 Å². The van der Waals surface area contributed by atoms with Crippen LogP contribution in [0.2, 0.25) is 0 Å². The van der Waals surface area contributed by atoms with E-state index in [0.717, 1.165) is 25.0 Å². The van der Waals surface area contributed by atoms with Crippen molar-refractivity contribution in [2.24, 2.45) is 0 Å². The number of nitriles is 1. The van der Waals surface area contributed by atoms with Gasteiger partial charge in [0.15, 0.2) is 11.5 Å². The average Bonchev–Trinajstić information content (AvgIpc) is 2.49. The molecule has 110 valence electrons. The van der Waals surface area contributed by atoms with E-state index in [1.54, 1.807) is 12.1 Å². The van der Waals surface area contributed by atoms with E-state index in [4.69, 9.17) is 14.7 Å². The fraction of sp³-hybridized carbons (Fsp3) is 0.588. The number of nitrogens with zero attached hydrogens (tertiary/aromatic N) is 1. The molecule has 0 fully saturated rings. The van der Waals surface area contributed by atoms with Crippen LogP contribution in [0.1, 0.15) is 57.9 Å². The third-order valence-electron chi connectivity index (χ3n) is 3.08. The Bertz CT molecular complexity index is 423. The molecular weight excluding hydrogens is 250 g/mol. The summed E-state index contributed by atoms with van der Waals surface area (Å²) < 4.78 is 11.5. The third kappa shape index (κ3) is 5.97. The molecule has 1 aromatic carbocycles. The first-order valence-corrected chi connectivity index (χ1v) is 7.61. The average molecular weight is 275 g/mol. The van der Waals surface area contributed by atoms with Crippen LogP contribution in [-0.2, 0) is 0 Å². The van der Waals surface area contributed by atoms with Crippen LogP contribution in [0.3, 0.4) is 0 Å². The Morgan fingerprint density at radius 2 is 1.50 bits per heavy atom. The van der Waals surface area contributed by atoms with Gasteiger partial charge in [0.05, 0.1) is 24.8 Å². The summed E-state index contributed by atoms with van der Waals surface area (Å²) in [7, 11) is 0. The summed E-state index contributed by atoms with van der Waals surface area (Å²) in [5.41, 5.74) is 0.608. The fourth-order valence-electron chi connectivity index (χ4n) is 1.88. The van der Waals surface area contributed by atoms with Crippen molar-refractivity contribution >= 4 is 0 Å². The molecular formula is C17H25NO2. The summed E-state index contributed by atoms with van der Waals surface area (Å²) in [6.07, 6.45) is 6.75.